The average molecular weight is 689 g/mol. The zero-order chi connectivity index (χ0) is 29.3. The monoisotopic (exact) mass is 688 g/mol. The molecular weight excluding hydrogens is 638 g/mol. The maximum atomic E-state index is 11.6. The molecule has 0 heterocycles. The molecule has 0 fully saturated rings. The van der Waals surface area contributed by atoms with Crippen LogP contribution in [0.3, 0.4) is 0 Å². The third-order valence-electron chi connectivity index (χ3n) is 3.57. The van der Waals surface area contributed by atoms with Crippen molar-refractivity contribution in [1.82, 2.24) is 0 Å². The van der Waals surface area contributed by atoms with Gasteiger partial charge in [-0.25, -0.2) is 0 Å². The molecule has 2 N–H and O–H groups in total. The summed E-state index contributed by atoms with van der Waals surface area (Å²) in [7, 11) is -2.88. The van der Waals surface area contributed by atoms with Gasteiger partial charge in [0.25, 0.3) is 8.32 Å². The second-order valence-corrected chi connectivity index (χ2v) is 15.6. The van der Waals surface area contributed by atoms with Crippen LogP contribution in [0.25, 0.3) is 0 Å². The Morgan fingerprint density at radius 3 is 0.757 bits per heavy atom. The van der Waals surface area contributed by atoms with Gasteiger partial charge in [-0.2, -0.15) is 16.2 Å². The fourth-order valence-electron chi connectivity index (χ4n) is 2.54. The van der Waals surface area contributed by atoms with Crippen LogP contribution in [0.4, 0.5) is 0 Å². The van der Waals surface area contributed by atoms with Gasteiger partial charge in [-0.05, 0) is 15.6 Å². The van der Waals surface area contributed by atoms with Gasteiger partial charge in [-0.3, -0.25) is 0 Å². The quantitative estimate of drug-likeness (QED) is 0.167. The van der Waals surface area contributed by atoms with Crippen molar-refractivity contribution in [2.45, 2.75) is 62.3 Å². The van der Waals surface area contributed by atoms with E-state index in [0.29, 0.717) is 0 Å². The normalized spacial score (nSPS) is 11.1. The first-order chi connectivity index (χ1) is 16.8. The molecule has 3 aromatic rings. The molecule has 0 aliphatic carbocycles. The Kier molecular flexibility index (Phi) is 18.0. The van der Waals surface area contributed by atoms with E-state index >= 15 is 0 Å². The van der Waals surface area contributed by atoms with Crippen molar-refractivity contribution >= 4 is 23.9 Å². The number of hydrogen-bond acceptors (Lipinski definition) is 2. The molecular formula is C33H50NOSiW-3. The zero-order valence-electron chi connectivity index (χ0n) is 24.6. The van der Waals surface area contributed by atoms with Crippen LogP contribution in [-0.4, -0.2) is 13.1 Å². The number of rotatable bonds is 3. The van der Waals surface area contributed by atoms with E-state index in [0.717, 1.165) is 35.2 Å². The summed E-state index contributed by atoms with van der Waals surface area (Å²) in [5.41, 5.74) is 0.750. The van der Waals surface area contributed by atoms with Crippen LogP contribution >= 0.6 is 0 Å². The van der Waals surface area contributed by atoms with Crippen LogP contribution < -0.4 is 15.6 Å². The van der Waals surface area contributed by atoms with Crippen molar-refractivity contribution in [1.29, 1.82) is 3.91 Å². The van der Waals surface area contributed by atoms with Gasteiger partial charge in [0.1, 0.15) is 0 Å². The molecule has 0 aliphatic rings. The Morgan fingerprint density at radius 1 is 0.486 bits per heavy atom. The summed E-state index contributed by atoms with van der Waals surface area (Å²) in [6.45, 7) is 30.0. The first-order valence-electron chi connectivity index (χ1n) is 12.5. The Morgan fingerprint density at radius 2 is 0.622 bits per heavy atom. The van der Waals surface area contributed by atoms with E-state index in [1.165, 1.54) is 0 Å². The topological polar surface area (TPSA) is 44.1 Å². The molecule has 3 aromatic carbocycles. The van der Waals surface area contributed by atoms with Crippen molar-refractivity contribution in [3.05, 3.63) is 112 Å². The molecule has 2 nitrogen and oxygen atoms in total. The molecule has 0 bridgehead atoms. The molecule has 37 heavy (non-hydrogen) atoms. The van der Waals surface area contributed by atoms with Crippen LogP contribution in [0.15, 0.2) is 91.0 Å². The maximum absolute atomic E-state index is 11.6. The Hall–Kier alpha value is -1.67. The first kappa shape index (κ1) is 37.5. The van der Waals surface area contributed by atoms with Crippen LogP contribution in [0.1, 0.15) is 62.3 Å². The average Bonchev–Trinajstić information content (AvgIpc) is 2.78. The standard InChI is InChI=1S/C18H16OSi.3C5H11.HN.W/c19-20(16-10-4-1-5-11-16,17-12-6-2-7-13-17)18-14-8-3-9-15-18;3*1-5(2,3)4;;/h1-15,19H;3*1H2,2-4H3;1H;/q;3*-1;;. The molecule has 206 valence electrons. The molecule has 0 atom stereocenters. The van der Waals surface area contributed by atoms with Gasteiger partial charge in [-0.1, -0.05) is 153 Å². The second kappa shape index (κ2) is 17.8. The van der Waals surface area contributed by atoms with E-state index in [4.69, 9.17) is 3.91 Å². The van der Waals surface area contributed by atoms with Gasteiger partial charge in [0.15, 0.2) is 0 Å². The van der Waals surface area contributed by atoms with Crippen LogP contribution in [-0.2, 0) is 19.6 Å². The molecule has 4 heteroatoms. The summed E-state index contributed by atoms with van der Waals surface area (Å²) >= 11 is 0.833. The van der Waals surface area contributed by atoms with E-state index in [-0.39, 0.29) is 16.2 Å². The van der Waals surface area contributed by atoms with E-state index in [1.807, 2.05) is 91.0 Å². The van der Waals surface area contributed by atoms with Crippen LogP contribution in [0.2, 0.25) is 0 Å². The summed E-state index contributed by atoms with van der Waals surface area (Å²) in [6, 6.07) is 30.0. The summed E-state index contributed by atoms with van der Waals surface area (Å²) in [4.78, 5) is 11.6. The van der Waals surface area contributed by atoms with Crippen LogP contribution in [0, 0.1) is 40.9 Å². The number of hydrogen-bond donors (Lipinski definition) is 2. The molecule has 0 amide bonds. The summed E-state index contributed by atoms with van der Waals surface area (Å²) in [5.74, 6) is 0. The molecule has 0 aliphatic heterocycles. The zero-order valence-corrected chi connectivity index (χ0v) is 28.6. The van der Waals surface area contributed by atoms with Crippen molar-refractivity contribution in [2.24, 2.45) is 16.2 Å². The van der Waals surface area contributed by atoms with Crippen molar-refractivity contribution in [3.63, 3.8) is 0 Å². The number of benzene rings is 3. The molecule has 0 spiro atoms. The molecule has 0 aromatic heterocycles. The van der Waals surface area contributed by atoms with Gasteiger partial charge in [0.2, 0.25) is 0 Å². The third-order valence-corrected chi connectivity index (χ3v) is 7.08. The molecule has 0 saturated carbocycles. The van der Waals surface area contributed by atoms with E-state index < -0.39 is 8.32 Å². The van der Waals surface area contributed by atoms with Crippen molar-refractivity contribution in [3.8, 4) is 0 Å². The van der Waals surface area contributed by atoms with Crippen molar-refractivity contribution in [2.75, 3.05) is 0 Å². The first-order valence-corrected chi connectivity index (χ1v) is 15.9. The molecule has 0 radical (unpaired) electrons. The van der Waals surface area contributed by atoms with E-state index in [1.54, 1.807) is 0 Å². The van der Waals surface area contributed by atoms with Gasteiger partial charge >= 0.3 is 23.5 Å². The summed E-state index contributed by atoms with van der Waals surface area (Å²) in [6.07, 6.45) is 0. The van der Waals surface area contributed by atoms with Gasteiger partial charge in [0.05, 0.1) is 0 Å². The predicted octanol–water partition coefficient (Wildman–Crippen LogP) is 7.54. The molecule has 0 saturated heterocycles. The SMILES string of the molecule is O[Si](c1ccccc1)(c1ccccc1)c1ccccc1.[CH2-]C(C)(C)C.[CH2-]C(C)(C)C.[CH2-]C(C)(C)C.[NH]=[W]. The minimum atomic E-state index is -2.88. The van der Waals surface area contributed by atoms with Gasteiger partial charge in [0, 0.05) is 0 Å². The van der Waals surface area contributed by atoms with E-state index in [2.05, 4.69) is 83.1 Å². The van der Waals surface area contributed by atoms with E-state index in [9.17, 15) is 4.80 Å². The Balaban J connectivity index is 0. The third kappa shape index (κ3) is 22.1. The van der Waals surface area contributed by atoms with Gasteiger partial charge < -0.3 is 25.6 Å². The minimum absolute atomic E-state index is 0.250. The Bertz CT molecular complexity index is 798. The molecule has 3 rings (SSSR count). The molecule has 0 unspecified atom stereocenters. The van der Waals surface area contributed by atoms with Gasteiger partial charge in [-0.15, -0.1) is 0 Å². The predicted molar refractivity (Wildman–Crippen MR) is 163 cm³/mol. The van der Waals surface area contributed by atoms with Crippen molar-refractivity contribution < 1.29 is 24.4 Å². The van der Waals surface area contributed by atoms with Crippen LogP contribution in [0.5, 0.6) is 0 Å². The second-order valence-electron chi connectivity index (χ2n) is 12.5. The fourth-order valence-corrected chi connectivity index (χ4v) is 5.56. The fraction of sp³-hybridized carbons (Fsp3) is 0.364. The summed E-state index contributed by atoms with van der Waals surface area (Å²) in [5, 5.41) is 3.03. The number of nitrogens with one attached hydrogen (secondary N) is 1. The summed E-state index contributed by atoms with van der Waals surface area (Å²) < 4.78 is 5.83. The Labute approximate surface area is 241 Å².